The third-order valence-corrected chi connectivity index (χ3v) is 5.82. The van der Waals surface area contributed by atoms with Crippen LogP contribution in [0.5, 0.6) is 0 Å². The summed E-state index contributed by atoms with van der Waals surface area (Å²) < 4.78 is 19.1. The van der Waals surface area contributed by atoms with Crippen LogP contribution < -0.4 is 4.90 Å². The van der Waals surface area contributed by atoms with E-state index in [0.29, 0.717) is 0 Å². The van der Waals surface area contributed by atoms with Crippen LogP contribution in [0.2, 0.25) is 0 Å². The van der Waals surface area contributed by atoms with Crippen molar-refractivity contribution < 1.29 is 8.81 Å². The highest BCUT2D eigenvalue weighted by Gasteiger charge is 2.18. The van der Waals surface area contributed by atoms with Crippen LogP contribution in [0, 0.1) is 5.82 Å². The second-order valence-electron chi connectivity index (χ2n) is 7.55. The van der Waals surface area contributed by atoms with Gasteiger partial charge in [-0.3, -0.25) is 4.90 Å². The first-order valence-electron chi connectivity index (χ1n) is 9.97. The van der Waals surface area contributed by atoms with Crippen LogP contribution in [0.25, 0.3) is 21.9 Å². The van der Waals surface area contributed by atoms with E-state index in [9.17, 15) is 4.39 Å². The zero-order valence-corrected chi connectivity index (χ0v) is 15.8. The minimum Gasteiger partial charge on any atom is -0.464 e. The molecule has 4 aromatic rings. The van der Waals surface area contributed by atoms with E-state index >= 15 is 0 Å². The molecule has 1 saturated heterocycles. The van der Waals surface area contributed by atoms with Gasteiger partial charge in [-0.1, -0.05) is 6.07 Å². The summed E-state index contributed by atoms with van der Waals surface area (Å²) >= 11 is 0. The van der Waals surface area contributed by atoms with Crippen LogP contribution in [0.1, 0.15) is 12.0 Å². The lowest BCUT2D eigenvalue weighted by Gasteiger charge is -2.36. The maximum absolute atomic E-state index is 13.5. The molecule has 0 unspecified atom stereocenters. The largest absolute Gasteiger partial charge is 0.464 e. The second kappa shape index (κ2) is 7.32. The van der Waals surface area contributed by atoms with Crippen LogP contribution in [-0.4, -0.2) is 42.6 Å². The van der Waals surface area contributed by atoms with Gasteiger partial charge in [0.25, 0.3) is 0 Å². The predicted molar refractivity (Wildman–Crippen MR) is 111 cm³/mol. The van der Waals surface area contributed by atoms with Crippen molar-refractivity contribution in [1.82, 2.24) is 9.88 Å². The number of rotatable bonds is 5. The summed E-state index contributed by atoms with van der Waals surface area (Å²) in [6.45, 7) is 5.29. The number of furan rings is 1. The summed E-state index contributed by atoms with van der Waals surface area (Å²) in [6, 6.07) is 13.4. The van der Waals surface area contributed by atoms with Gasteiger partial charge < -0.3 is 14.3 Å². The zero-order chi connectivity index (χ0) is 18.9. The smallest absolute Gasteiger partial charge is 0.134 e. The maximum atomic E-state index is 13.5. The van der Waals surface area contributed by atoms with Gasteiger partial charge in [0.1, 0.15) is 11.4 Å². The van der Waals surface area contributed by atoms with Crippen molar-refractivity contribution in [3.05, 3.63) is 66.3 Å². The molecule has 0 spiro atoms. The number of fused-ring (bicyclic) bond motifs is 2. The van der Waals surface area contributed by atoms with Crippen LogP contribution in [0.15, 0.2) is 59.3 Å². The molecule has 1 aliphatic heterocycles. The molecule has 0 atom stereocenters. The molecular weight excluding hydrogens is 353 g/mol. The van der Waals surface area contributed by atoms with Crippen LogP contribution >= 0.6 is 0 Å². The van der Waals surface area contributed by atoms with Crippen LogP contribution in [0.3, 0.4) is 0 Å². The molecule has 0 saturated carbocycles. The molecular formula is C23H24FN3O. The third kappa shape index (κ3) is 3.27. The molecule has 3 heterocycles. The minimum atomic E-state index is -0.205. The first kappa shape index (κ1) is 17.3. The summed E-state index contributed by atoms with van der Waals surface area (Å²) in [5, 5.41) is 2.21. The molecule has 144 valence electrons. The summed E-state index contributed by atoms with van der Waals surface area (Å²) in [5.41, 5.74) is 4.39. The average molecular weight is 377 g/mol. The molecule has 0 bridgehead atoms. The number of nitrogens with one attached hydrogen (secondary N) is 1. The summed E-state index contributed by atoms with van der Waals surface area (Å²) in [6.07, 6.45) is 5.76. The molecule has 0 aliphatic carbocycles. The highest BCUT2D eigenvalue weighted by atomic mass is 19.1. The standard InChI is InChI=1S/C23H24FN3O/c24-18-6-7-23-20(15-18)17(16-28-23)3-2-10-26-11-13-27(14-12-26)22-5-1-4-21-19(22)8-9-25-21/h1,4-9,15-16,25H,2-3,10-14H2. The van der Waals surface area contributed by atoms with E-state index in [-0.39, 0.29) is 5.82 Å². The first-order chi connectivity index (χ1) is 13.8. The Morgan fingerprint density at radius 1 is 1.00 bits per heavy atom. The molecule has 5 heteroatoms. The SMILES string of the molecule is Fc1ccc2occ(CCCN3CCN(c4cccc5[nH]ccc45)CC3)c2c1. The Balaban J connectivity index is 1.16. The number of aryl methyl sites for hydroxylation is 1. The number of piperazine rings is 1. The van der Waals surface area contributed by atoms with Gasteiger partial charge in [0.05, 0.1) is 6.26 Å². The topological polar surface area (TPSA) is 35.4 Å². The van der Waals surface area contributed by atoms with Gasteiger partial charge in [0, 0.05) is 54.4 Å². The van der Waals surface area contributed by atoms with E-state index in [0.717, 1.165) is 62.1 Å². The Morgan fingerprint density at radius 3 is 2.79 bits per heavy atom. The molecule has 28 heavy (non-hydrogen) atoms. The lowest BCUT2D eigenvalue weighted by molar-refractivity contribution is 0.255. The fourth-order valence-corrected chi connectivity index (χ4v) is 4.30. The molecule has 4 nitrogen and oxygen atoms in total. The Hall–Kier alpha value is -2.79. The van der Waals surface area contributed by atoms with Gasteiger partial charge in [0.15, 0.2) is 0 Å². The van der Waals surface area contributed by atoms with E-state index in [1.54, 1.807) is 18.4 Å². The van der Waals surface area contributed by atoms with Crippen LogP contribution in [-0.2, 0) is 6.42 Å². The van der Waals surface area contributed by atoms with Crippen molar-refractivity contribution >= 4 is 27.6 Å². The van der Waals surface area contributed by atoms with Crippen molar-refractivity contribution in [2.45, 2.75) is 12.8 Å². The molecule has 5 rings (SSSR count). The number of H-pyrrole nitrogens is 1. The highest BCUT2D eigenvalue weighted by Crippen LogP contribution is 2.27. The summed E-state index contributed by atoms with van der Waals surface area (Å²) in [4.78, 5) is 8.31. The highest BCUT2D eigenvalue weighted by molar-refractivity contribution is 5.92. The number of anilines is 1. The van der Waals surface area contributed by atoms with Gasteiger partial charge >= 0.3 is 0 Å². The third-order valence-electron chi connectivity index (χ3n) is 5.82. The number of hydrogen-bond acceptors (Lipinski definition) is 3. The van der Waals surface area contributed by atoms with Gasteiger partial charge in [-0.2, -0.15) is 0 Å². The Morgan fingerprint density at radius 2 is 1.89 bits per heavy atom. The van der Waals surface area contributed by atoms with E-state index in [2.05, 4.69) is 39.0 Å². The van der Waals surface area contributed by atoms with E-state index in [1.807, 2.05) is 6.20 Å². The molecule has 2 aromatic heterocycles. The lowest BCUT2D eigenvalue weighted by atomic mass is 10.1. The Bertz CT molecular complexity index is 1090. The first-order valence-corrected chi connectivity index (χ1v) is 9.97. The fourth-order valence-electron chi connectivity index (χ4n) is 4.30. The van der Waals surface area contributed by atoms with Gasteiger partial charge in [0.2, 0.25) is 0 Å². The number of nitrogens with zero attached hydrogens (tertiary/aromatic N) is 2. The van der Waals surface area contributed by atoms with Gasteiger partial charge in [-0.05, 0) is 61.3 Å². The molecule has 2 aromatic carbocycles. The van der Waals surface area contributed by atoms with Crippen LogP contribution in [0.4, 0.5) is 10.1 Å². The van der Waals surface area contributed by atoms with E-state index < -0.39 is 0 Å². The van der Waals surface area contributed by atoms with E-state index in [1.165, 1.54) is 22.7 Å². The Kier molecular flexibility index (Phi) is 4.53. The van der Waals surface area contributed by atoms with Crippen molar-refractivity contribution in [2.75, 3.05) is 37.6 Å². The lowest BCUT2D eigenvalue weighted by Crippen LogP contribution is -2.46. The molecule has 0 amide bonds. The van der Waals surface area contributed by atoms with Crippen molar-refractivity contribution in [1.29, 1.82) is 0 Å². The number of aromatic amines is 1. The number of hydrogen-bond donors (Lipinski definition) is 1. The predicted octanol–water partition coefficient (Wildman–Crippen LogP) is 4.81. The maximum Gasteiger partial charge on any atom is 0.134 e. The molecule has 0 radical (unpaired) electrons. The summed E-state index contributed by atoms with van der Waals surface area (Å²) in [7, 11) is 0. The average Bonchev–Trinajstić information content (AvgIpc) is 3.35. The Labute approximate surface area is 163 Å². The van der Waals surface area contributed by atoms with Crippen molar-refractivity contribution in [2.24, 2.45) is 0 Å². The fraction of sp³-hybridized carbons (Fsp3) is 0.304. The van der Waals surface area contributed by atoms with Gasteiger partial charge in [-0.25, -0.2) is 4.39 Å². The van der Waals surface area contributed by atoms with Crippen molar-refractivity contribution in [3.8, 4) is 0 Å². The quantitative estimate of drug-likeness (QED) is 0.542. The molecule has 1 N–H and O–H groups in total. The normalized spacial score (nSPS) is 15.7. The molecule has 1 aliphatic rings. The number of benzene rings is 2. The monoisotopic (exact) mass is 377 g/mol. The van der Waals surface area contributed by atoms with Gasteiger partial charge in [-0.15, -0.1) is 0 Å². The van der Waals surface area contributed by atoms with E-state index in [4.69, 9.17) is 4.42 Å². The summed E-state index contributed by atoms with van der Waals surface area (Å²) in [5.74, 6) is -0.205. The number of halogens is 1. The minimum absolute atomic E-state index is 0.205. The number of aromatic nitrogens is 1. The zero-order valence-electron chi connectivity index (χ0n) is 15.8. The molecule has 1 fully saturated rings. The second-order valence-corrected chi connectivity index (χ2v) is 7.55. The van der Waals surface area contributed by atoms with Crippen molar-refractivity contribution in [3.63, 3.8) is 0 Å².